The first kappa shape index (κ1) is 15.3. The predicted molar refractivity (Wildman–Crippen MR) is 100 cm³/mol. The molecular formula is C22H19N3. The molecule has 3 nitrogen and oxygen atoms in total. The second-order valence-corrected chi connectivity index (χ2v) is 6.15. The van der Waals surface area contributed by atoms with Crippen molar-refractivity contribution >= 4 is 0 Å². The zero-order valence-electron chi connectivity index (χ0n) is 13.9. The Morgan fingerprint density at radius 1 is 0.680 bits per heavy atom. The van der Waals surface area contributed by atoms with E-state index in [1.807, 2.05) is 29.1 Å². The molecular weight excluding hydrogens is 306 g/mol. The van der Waals surface area contributed by atoms with Crippen molar-refractivity contribution < 1.29 is 0 Å². The van der Waals surface area contributed by atoms with Crippen LogP contribution < -0.4 is 0 Å². The molecule has 0 amide bonds. The van der Waals surface area contributed by atoms with Crippen LogP contribution in [0.1, 0.15) is 16.7 Å². The number of hydrogen-bond acceptors (Lipinski definition) is 2. The van der Waals surface area contributed by atoms with Gasteiger partial charge in [0.15, 0.2) is 0 Å². The van der Waals surface area contributed by atoms with Crippen molar-refractivity contribution in [2.45, 2.75) is 13.0 Å². The molecule has 0 saturated carbocycles. The van der Waals surface area contributed by atoms with Crippen molar-refractivity contribution in [3.8, 4) is 11.3 Å². The Bertz CT molecular complexity index is 943. The number of aromatic nitrogens is 3. The fourth-order valence-corrected chi connectivity index (χ4v) is 2.97. The molecule has 4 rings (SSSR count). The maximum atomic E-state index is 4.29. The van der Waals surface area contributed by atoms with Crippen molar-refractivity contribution in [3.63, 3.8) is 0 Å². The molecule has 0 radical (unpaired) electrons. The second kappa shape index (κ2) is 7.14. The fraction of sp³-hybridized carbons (Fsp3) is 0.0909. The molecule has 1 aromatic heterocycles. The molecule has 0 atom stereocenters. The third-order valence-electron chi connectivity index (χ3n) is 4.20. The Morgan fingerprint density at radius 3 is 2.16 bits per heavy atom. The summed E-state index contributed by atoms with van der Waals surface area (Å²) in [6.07, 6.45) is 2.94. The molecule has 0 unspecified atom stereocenters. The van der Waals surface area contributed by atoms with Crippen molar-refractivity contribution in [2.75, 3.05) is 0 Å². The largest absolute Gasteiger partial charge is 0.247 e. The van der Waals surface area contributed by atoms with Gasteiger partial charge in [-0.1, -0.05) is 90.1 Å². The molecule has 3 heteroatoms. The van der Waals surface area contributed by atoms with E-state index in [0.717, 1.165) is 24.2 Å². The first-order valence-corrected chi connectivity index (χ1v) is 8.44. The summed E-state index contributed by atoms with van der Waals surface area (Å²) < 4.78 is 1.89. The highest BCUT2D eigenvalue weighted by Crippen LogP contribution is 2.16. The van der Waals surface area contributed by atoms with Gasteiger partial charge in [0.1, 0.15) is 5.69 Å². The van der Waals surface area contributed by atoms with Crippen molar-refractivity contribution in [1.82, 2.24) is 15.0 Å². The summed E-state index contributed by atoms with van der Waals surface area (Å²) in [6.45, 7) is 0.725. The van der Waals surface area contributed by atoms with E-state index in [1.165, 1.54) is 16.7 Å². The van der Waals surface area contributed by atoms with E-state index in [-0.39, 0.29) is 0 Å². The summed E-state index contributed by atoms with van der Waals surface area (Å²) >= 11 is 0. The topological polar surface area (TPSA) is 30.7 Å². The lowest BCUT2D eigenvalue weighted by molar-refractivity contribution is 0.649. The fourth-order valence-electron chi connectivity index (χ4n) is 2.97. The van der Waals surface area contributed by atoms with E-state index in [0.29, 0.717) is 0 Å². The van der Waals surface area contributed by atoms with Crippen LogP contribution in [0.2, 0.25) is 0 Å². The van der Waals surface area contributed by atoms with Gasteiger partial charge in [0, 0.05) is 5.56 Å². The molecule has 4 aromatic rings. The van der Waals surface area contributed by atoms with Gasteiger partial charge in [0.2, 0.25) is 0 Å². The van der Waals surface area contributed by atoms with Crippen molar-refractivity contribution in [1.29, 1.82) is 0 Å². The van der Waals surface area contributed by atoms with E-state index >= 15 is 0 Å². The number of hydrogen-bond donors (Lipinski definition) is 0. The maximum Gasteiger partial charge on any atom is 0.113 e. The third kappa shape index (κ3) is 3.83. The highest BCUT2D eigenvalue weighted by atomic mass is 15.4. The molecule has 1 heterocycles. The van der Waals surface area contributed by atoms with Gasteiger partial charge in [-0.3, -0.25) is 0 Å². The molecule has 25 heavy (non-hydrogen) atoms. The first-order chi connectivity index (χ1) is 12.4. The highest BCUT2D eigenvalue weighted by molar-refractivity contribution is 5.57. The molecule has 0 aliphatic heterocycles. The van der Waals surface area contributed by atoms with Gasteiger partial charge < -0.3 is 0 Å². The summed E-state index contributed by atoms with van der Waals surface area (Å²) in [4.78, 5) is 0. The highest BCUT2D eigenvalue weighted by Gasteiger charge is 2.04. The van der Waals surface area contributed by atoms with Crippen LogP contribution in [-0.4, -0.2) is 15.0 Å². The molecule has 0 aliphatic carbocycles. The van der Waals surface area contributed by atoms with Crippen molar-refractivity contribution in [2.24, 2.45) is 0 Å². The lowest BCUT2D eigenvalue weighted by atomic mass is 10.0. The van der Waals surface area contributed by atoms with Crippen LogP contribution in [0.5, 0.6) is 0 Å². The predicted octanol–water partition coefficient (Wildman–Crippen LogP) is 4.58. The van der Waals surface area contributed by atoms with Gasteiger partial charge in [0.25, 0.3) is 0 Å². The zero-order chi connectivity index (χ0) is 16.9. The average molecular weight is 325 g/mol. The third-order valence-corrected chi connectivity index (χ3v) is 4.20. The summed E-state index contributed by atoms with van der Waals surface area (Å²) in [6, 6.07) is 29.4. The molecule has 0 saturated heterocycles. The Labute approximate surface area is 147 Å². The van der Waals surface area contributed by atoms with Crippen LogP contribution in [0.4, 0.5) is 0 Å². The molecule has 0 bridgehead atoms. The molecule has 0 N–H and O–H groups in total. The molecule has 0 aliphatic rings. The Balaban J connectivity index is 1.50. The van der Waals surface area contributed by atoms with E-state index in [2.05, 4.69) is 77.0 Å². The lowest BCUT2D eigenvalue weighted by Crippen LogP contribution is -2.01. The lowest BCUT2D eigenvalue weighted by Gasteiger charge is -2.06. The van der Waals surface area contributed by atoms with Gasteiger partial charge in [0.05, 0.1) is 12.7 Å². The van der Waals surface area contributed by atoms with Gasteiger partial charge in [-0.05, 0) is 23.1 Å². The first-order valence-electron chi connectivity index (χ1n) is 8.44. The van der Waals surface area contributed by atoms with Crippen LogP contribution in [0.3, 0.4) is 0 Å². The minimum atomic E-state index is 0.725. The van der Waals surface area contributed by atoms with Crippen LogP contribution >= 0.6 is 0 Å². The summed E-state index contributed by atoms with van der Waals surface area (Å²) in [5, 5.41) is 8.55. The van der Waals surface area contributed by atoms with Gasteiger partial charge in [-0.25, -0.2) is 4.68 Å². The average Bonchev–Trinajstić information content (AvgIpc) is 3.12. The molecule has 0 spiro atoms. The molecule has 122 valence electrons. The van der Waals surface area contributed by atoms with E-state index in [1.54, 1.807) is 0 Å². The van der Waals surface area contributed by atoms with E-state index < -0.39 is 0 Å². The van der Waals surface area contributed by atoms with Crippen LogP contribution in [0.25, 0.3) is 11.3 Å². The zero-order valence-corrected chi connectivity index (χ0v) is 13.9. The molecule has 3 aromatic carbocycles. The summed E-state index contributed by atoms with van der Waals surface area (Å²) in [5.74, 6) is 0. The minimum absolute atomic E-state index is 0.725. The van der Waals surface area contributed by atoms with Gasteiger partial charge >= 0.3 is 0 Å². The number of nitrogens with zero attached hydrogens (tertiary/aromatic N) is 3. The van der Waals surface area contributed by atoms with Gasteiger partial charge in [-0.2, -0.15) is 0 Å². The van der Waals surface area contributed by atoms with E-state index in [4.69, 9.17) is 0 Å². The van der Waals surface area contributed by atoms with Crippen LogP contribution in [0.15, 0.2) is 91.1 Å². The Hall–Kier alpha value is -3.20. The second-order valence-electron chi connectivity index (χ2n) is 6.15. The smallest absolute Gasteiger partial charge is 0.113 e. The monoisotopic (exact) mass is 325 g/mol. The standard InChI is InChI=1S/C22H19N3/c1-3-8-18(9-4-1)14-19-10-7-11-20(15-19)16-25-17-22(23-24-25)21-12-5-2-6-13-21/h1-13,15,17H,14,16H2. The Kier molecular flexibility index (Phi) is 4.38. The van der Waals surface area contributed by atoms with Crippen molar-refractivity contribution in [3.05, 3.63) is 108 Å². The van der Waals surface area contributed by atoms with Crippen LogP contribution in [-0.2, 0) is 13.0 Å². The summed E-state index contributed by atoms with van der Waals surface area (Å²) in [5.41, 5.74) is 5.87. The Morgan fingerprint density at radius 2 is 1.36 bits per heavy atom. The number of benzene rings is 3. The normalized spacial score (nSPS) is 10.7. The molecule has 0 fully saturated rings. The summed E-state index contributed by atoms with van der Waals surface area (Å²) in [7, 11) is 0. The minimum Gasteiger partial charge on any atom is -0.247 e. The maximum absolute atomic E-state index is 4.29. The van der Waals surface area contributed by atoms with Crippen LogP contribution in [0, 0.1) is 0 Å². The number of rotatable bonds is 5. The quantitative estimate of drug-likeness (QED) is 0.537. The van der Waals surface area contributed by atoms with E-state index in [9.17, 15) is 0 Å². The SMILES string of the molecule is c1ccc(Cc2cccc(Cn3cc(-c4ccccc4)nn3)c2)cc1. The van der Waals surface area contributed by atoms with Gasteiger partial charge in [-0.15, -0.1) is 5.10 Å².